The summed E-state index contributed by atoms with van der Waals surface area (Å²) in [5, 5.41) is 8.36. The predicted molar refractivity (Wildman–Crippen MR) is 71.8 cm³/mol. The Labute approximate surface area is 113 Å². The van der Waals surface area contributed by atoms with Gasteiger partial charge in [-0.15, -0.1) is 6.58 Å². The molecule has 0 spiro atoms. The molecule has 5 heteroatoms. The van der Waals surface area contributed by atoms with Gasteiger partial charge in [-0.25, -0.2) is 0 Å². The van der Waals surface area contributed by atoms with Crippen LogP contribution >= 0.6 is 0 Å². The van der Waals surface area contributed by atoms with Crippen LogP contribution in [0.4, 0.5) is 0 Å². The fraction of sp³-hybridized carbons (Fsp3) is 0.571. The van der Waals surface area contributed by atoms with Crippen LogP contribution < -0.4 is 0 Å². The van der Waals surface area contributed by atoms with Gasteiger partial charge in [0.25, 0.3) is 0 Å². The van der Waals surface area contributed by atoms with Gasteiger partial charge in [0, 0.05) is 0 Å². The van der Waals surface area contributed by atoms with E-state index in [-0.39, 0.29) is 19.4 Å². The van der Waals surface area contributed by atoms with Crippen LogP contribution in [0.3, 0.4) is 0 Å². The minimum absolute atomic E-state index is 0.0987. The third-order valence-electron chi connectivity index (χ3n) is 2.19. The van der Waals surface area contributed by atoms with Crippen molar-refractivity contribution < 1.29 is 24.2 Å². The fourth-order valence-electron chi connectivity index (χ4n) is 1.21. The van der Waals surface area contributed by atoms with Gasteiger partial charge in [0.1, 0.15) is 6.61 Å². The van der Waals surface area contributed by atoms with Crippen LogP contribution in [0.1, 0.15) is 32.1 Å². The van der Waals surface area contributed by atoms with Crippen LogP contribution in [0.15, 0.2) is 24.8 Å². The Morgan fingerprint density at radius 3 is 2.58 bits per heavy atom. The molecule has 0 unspecified atom stereocenters. The molecule has 0 heterocycles. The molecule has 0 saturated heterocycles. The van der Waals surface area contributed by atoms with Gasteiger partial charge in [-0.1, -0.05) is 18.2 Å². The second-order valence-electron chi connectivity index (χ2n) is 3.88. The molecule has 0 amide bonds. The van der Waals surface area contributed by atoms with Crippen LogP contribution in [0.2, 0.25) is 0 Å². The van der Waals surface area contributed by atoms with Gasteiger partial charge in [-0.05, 0) is 19.3 Å². The van der Waals surface area contributed by atoms with E-state index in [1.165, 1.54) is 0 Å². The molecule has 108 valence electrons. The molecule has 0 fully saturated rings. The number of carboxylic acid groups (broad SMARTS) is 1. The first-order valence-electron chi connectivity index (χ1n) is 6.38. The van der Waals surface area contributed by atoms with Crippen molar-refractivity contribution in [3.05, 3.63) is 24.8 Å². The van der Waals surface area contributed by atoms with E-state index in [0.29, 0.717) is 13.2 Å². The molecule has 0 saturated carbocycles. The topological polar surface area (TPSA) is 72.8 Å². The maximum Gasteiger partial charge on any atom is 0.306 e. The molecule has 0 radical (unpaired) electrons. The first-order valence-corrected chi connectivity index (χ1v) is 6.38. The van der Waals surface area contributed by atoms with Crippen molar-refractivity contribution in [3.8, 4) is 0 Å². The molecule has 0 aromatic rings. The molecular formula is C14H22O5. The zero-order valence-electron chi connectivity index (χ0n) is 11.2. The summed E-state index contributed by atoms with van der Waals surface area (Å²) in [5.41, 5.74) is 0. The van der Waals surface area contributed by atoms with Crippen LogP contribution in [0, 0.1) is 0 Å². The fourth-order valence-corrected chi connectivity index (χ4v) is 1.21. The maximum atomic E-state index is 11.0. The van der Waals surface area contributed by atoms with Crippen molar-refractivity contribution in [1.82, 2.24) is 0 Å². The monoisotopic (exact) mass is 270 g/mol. The lowest BCUT2D eigenvalue weighted by atomic mass is 10.2. The number of aliphatic carboxylic acids is 1. The van der Waals surface area contributed by atoms with E-state index in [2.05, 4.69) is 6.58 Å². The molecular weight excluding hydrogens is 248 g/mol. The molecule has 0 aliphatic carbocycles. The van der Waals surface area contributed by atoms with E-state index >= 15 is 0 Å². The van der Waals surface area contributed by atoms with Crippen molar-refractivity contribution in [2.75, 3.05) is 19.8 Å². The normalized spacial score (nSPS) is 10.5. The van der Waals surface area contributed by atoms with Crippen molar-refractivity contribution in [1.29, 1.82) is 0 Å². The minimum Gasteiger partial charge on any atom is -0.481 e. The van der Waals surface area contributed by atoms with Crippen molar-refractivity contribution >= 4 is 11.9 Å². The number of carboxylic acids is 1. The number of allylic oxidation sites excluding steroid dienone is 2. The Kier molecular flexibility index (Phi) is 11.7. The van der Waals surface area contributed by atoms with E-state index in [1.807, 2.05) is 18.2 Å². The Morgan fingerprint density at radius 1 is 1.11 bits per heavy atom. The third kappa shape index (κ3) is 14.3. The number of unbranched alkanes of at least 4 members (excludes halogenated alkanes) is 2. The molecule has 0 bridgehead atoms. The Balaban J connectivity index is 3.28. The standard InChI is InChI=1S/C14H22O5/c1-2-3-4-5-6-7-10-18-11-12-19-14(17)9-8-13(15)16/h2,6-7H,1,3-5,8-12H2,(H,15,16). The molecule has 1 N–H and O–H groups in total. The molecule has 19 heavy (non-hydrogen) atoms. The molecule has 0 rings (SSSR count). The highest BCUT2D eigenvalue weighted by molar-refractivity contribution is 5.76. The summed E-state index contributed by atoms with van der Waals surface area (Å²) in [6, 6.07) is 0. The lowest BCUT2D eigenvalue weighted by molar-refractivity contribution is -0.148. The number of ether oxygens (including phenoxy) is 2. The average molecular weight is 270 g/mol. The van der Waals surface area contributed by atoms with Gasteiger partial charge >= 0.3 is 11.9 Å². The van der Waals surface area contributed by atoms with Crippen LogP contribution in [-0.2, 0) is 19.1 Å². The predicted octanol–water partition coefficient (Wildman–Crippen LogP) is 2.32. The number of esters is 1. The van der Waals surface area contributed by atoms with Crippen LogP contribution in [0.5, 0.6) is 0 Å². The Hall–Kier alpha value is -1.62. The number of hydrogen-bond donors (Lipinski definition) is 1. The summed E-state index contributed by atoms with van der Waals surface area (Å²) < 4.78 is 10.0. The van der Waals surface area contributed by atoms with E-state index in [9.17, 15) is 9.59 Å². The smallest absolute Gasteiger partial charge is 0.306 e. The van der Waals surface area contributed by atoms with Crippen LogP contribution in [-0.4, -0.2) is 36.9 Å². The first kappa shape index (κ1) is 17.4. The van der Waals surface area contributed by atoms with Crippen molar-refractivity contribution in [2.24, 2.45) is 0 Å². The van der Waals surface area contributed by atoms with Gasteiger partial charge in [-0.3, -0.25) is 9.59 Å². The molecule has 0 aromatic heterocycles. The highest BCUT2D eigenvalue weighted by Gasteiger charge is 2.05. The van der Waals surface area contributed by atoms with E-state index in [1.54, 1.807) is 0 Å². The summed E-state index contributed by atoms with van der Waals surface area (Å²) in [7, 11) is 0. The summed E-state index contributed by atoms with van der Waals surface area (Å²) in [6.45, 7) is 4.60. The highest BCUT2D eigenvalue weighted by Crippen LogP contribution is 1.96. The molecule has 0 atom stereocenters. The zero-order valence-corrected chi connectivity index (χ0v) is 11.2. The lowest BCUT2D eigenvalue weighted by Gasteiger charge is -2.03. The highest BCUT2D eigenvalue weighted by atomic mass is 16.6. The van der Waals surface area contributed by atoms with Gasteiger partial charge < -0.3 is 14.6 Å². The SMILES string of the molecule is C=CCCCC=CCOCCOC(=O)CCC(=O)O. The third-order valence-corrected chi connectivity index (χ3v) is 2.19. The second kappa shape index (κ2) is 12.8. The summed E-state index contributed by atoms with van der Waals surface area (Å²) in [6.07, 6.45) is 8.66. The average Bonchev–Trinajstić information content (AvgIpc) is 2.38. The first-order chi connectivity index (χ1) is 9.16. The lowest BCUT2D eigenvalue weighted by Crippen LogP contribution is -2.11. The van der Waals surface area contributed by atoms with Gasteiger partial charge in [0.15, 0.2) is 0 Å². The summed E-state index contributed by atoms with van der Waals surface area (Å²) in [4.78, 5) is 21.2. The van der Waals surface area contributed by atoms with Crippen molar-refractivity contribution in [2.45, 2.75) is 32.1 Å². The molecule has 5 nitrogen and oxygen atoms in total. The zero-order chi connectivity index (χ0) is 14.3. The summed E-state index contributed by atoms with van der Waals surface area (Å²) >= 11 is 0. The Bertz CT molecular complexity index is 296. The number of carbonyl (C=O) groups is 2. The van der Waals surface area contributed by atoms with Gasteiger partial charge in [-0.2, -0.15) is 0 Å². The van der Waals surface area contributed by atoms with Gasteiger partial charge in [0.05, 0.1) is 26.1 Å². The summed E-state index contributed by atoms with van der Waals surface area (Å²) in [5.74, 6) is -1.51. The van der Waals surface area contributed by atoms with Crippen molar-refractivity contribution in [3.63, 3.8) is 0 Å². The number of rotatable bonds is 12. The van der Waals surface area contributed by atoms with Crippen LogP contribution in [0.25, 0.3) is 0 Å². The number of carbonyl (C=O) groups excluding carboxylic acids is 1. The van der Waals surface area contributed by atoms with E-state index < -0.39 is 11.9 Å². The minimum atomic E-state index is -1.00. The quantitative estimate of drug-likeness (QED) is 0.335. The van der Waals surface area contributed by atoms with E-state index in [0.717, 1.165) is 19.3 Å². The molecule has 0 aliphatic heterocycles. The maximum absolute atomic E-state index is 11.0. The Morgan fingerprint density at radius 2 is 1.89 bits per heavy atom. The largest absolute Gasteiger partial charge is 0.481 e. The van der Waals surface area contributed by atoms with E-state index in [4.69, 9.17) is 14.6 Å². The second-order valence-corrected chi connectivity index (χ2v) is 3.88. The number of hydrogen-bond acceptors (Lipinski definition) is 4. The molecule has 0 aliphatic rings. The molecule has 0 aromatic carbocycles. The van der Waals surface area contributed by atoms with Gasteiger partial charge in [0.2, 0.25) is 0 Å².